The molecule has 84 valence electrons. The van der Waals surface area contributed by atoms with E-state index in [1.165, 1.54) is 0 Å². The fourth-order valence-corrected chi connectivity index (χ4v) is 1.65. The summed E-state index contributed by atoms with van der Waals surface area (Å²) in [4.78, 5) is 12.9. The fourth-order valence-electron chi connectivity index (χ4n) is 1.06. The van der Waals surface area contributed by atoms with Crippen LogP contribution in [0.15, 0.2) is 0 Å². The van der Waals surface area contributed by atoms with Gasteiger partial charge in [-0.15, -0.1) is 0 Å². The lowest BCUT2D eigenvalue weighted by Gasteiger charge is -2.20. The molecule has 0 spiro atoms. The molecule has 0 aliphatic heterocycles. The summed E-state index contributed by atoms with van der Waals surface area (Å²) < 4.78 is 0. The molecule has 0 fully saturated rings. The lowest BCUT2D eigenvalue weighted by Crippen LogP contribution is -2.37. The highest BCUT2D eigenvalue weighted by Gasteiger charge is 2.05. The van der Waals surface area contributed by atoms with Crippen LogP contribution in [-0.2, 0) is 4.79 Å². The maximum atomic E-state index is 11.1. The largest absolute Gasteiger partial charge is 0.341 e. The number of hydrogen-bond acceptors (Lipinski definition) is 4. The first-order valence-corrected chi connectivity index (χ1v) is 6.81. The number of thiol groups is 1. The lowest BCUT2D eigenvalue weighted by molar-refractivity contribution is -0.128. The minimum Gasteiger partial charge on any atom is -0.341 e. The summed E-state index contributed by atoms with van der Waals surface area (Å²) >= 11 is 5.94. The van der Waals surface area contributed by atoms with Crippen LogP contribution in [0.25, 0.3) is 0 Å². The molecule has 14 heavy (non-hydrogen) atoms. The third kappa shape index (κ3) is 7.53. The van der Waals surface area contributed by atoms with E-state index in [2.05, 4.69) is 24.2 Å². The number of nitrogens with zero attached hydrogens (tertiary/aromatic N) is 1. The molecule has 0 rings (SSSR count). The Morgan fingerprint density at radius 3 is 2.64 bits per heavy atom. The van der Waals surface area contributed by atoms with E-state index in [0.717, 1.165) is 37.7 Å². The minimum atomic E-state index is 0.130. The number of carbonyl (C=O) groups is 1. The molecule has 0 aromatic heterocycles. The van der Waals surface area contributed by atoms with Gasteiger partial charge < -0.3 is 10.2 Å². The van der Waals surface area contributed by atoms with Gasteiger partial charge in [0.05, 0.1) is 0 Å². The lowest BCUT2D eigenvalue weighted by atomic mass is 10.4. The van der Waals surface area contributed by atoms with Gasteiger partial charge in [-0.2, -0.15) is 24.4 Å². The average Bonchev–Trinajstić information content (AvgIpc) is 2.15. The summed E-state index contributed by atoms with van der Waals surface area (Å²) in [7, 11) is 0. The molecule has 0 aromatic rings. The Balaban J connectivity index is 3.46. The Labute approximate surface area is 96.4 Å². The topological polar surface area (TPSA) is 32.3 Å². The molecule has 0 aromatic carbocycles. The quantitative estimate of drug-likeness (QED) is 0.481. The predicted molar refractivity (Wildman–Crippen MR) is 67.4 cm³/mol. The van der Waals surface area contributed by atoms with Crippen molar-refractivity contribution in [2.24, 2.45) is 0 Å². The Bertz CT molecular complexity index is 156. The number of rotatable bonds is 8. The highest BCUT2D eigenvalue weighted by atomic mass is 32.2. The van der Waals surface area contributed by atoms with Crippen LogP contribution in [0.3, 0.4) is 0 Å². The molecular formula is C9H20N2OS2. The average molecular weight is 236 g/mol. The minimum absolute atomic E-state index is 0.130. The molecule has 0 bridgehead atoms. The molecule has 1 amide bonds. The molecule has 0 saturated carbocycles. The number of hydrogen-bond donors (Lipinski definition) is 2. The Kier molecular flexibility index (Phi) is 9.77. The van der Waals surface area contributed by atoms with Gasteiger partial charge in [-0.1, -0.05) is 0 Å². The van der Waals surface area contributed by atoms with E-state index in [9.17, 15) is 4.79 Å². The van der Waals surface area contributed by atoms with Crippen LogP contribution < -0.4 is 5.32 Å². The molecule has 0 atom stereocenters. The molecule has 0 saturated heterocycles. The Hall–Kier alpha value is 0.130. The van der Waals surface area contributed by atoms with Gasteiger partial charge in [0, 0.05) is 44.6 Å². The monoisotopic (exact) mass is 236 g/mol. The van der Waals surface area contributed by atoms with Crippen molar-refractivity contribution in [1.82, 2.24) is 10.2 Å². The summed E-state index contributed by atoms with van der Waals surface area (Å²) in [6, 6.07) is 0. The maximum absolute atomic E-state index is 11.1. The molecular weight excluding hydrogens is 216 g/mol. The van der Waals surface area contributed by atoms with Crippen molar-refractivity contribution < 1.29 is 4.79 Å². The molecule has 1 N–H and O–H groups in total. The van der Waals surface area contributed by atoms with Gasteiger partial charge in [-0.3, -0.25) is 4.79 Å². The predicted octanol–water partition coefficient (Wildman–Crippen LogP) is 0.717. The number of carbonyl (C=O) groups excluding carboxylic acids is 1. The van der Waals surface area contributed by atoms with Crippen molar-refractivity contribution in [2.45, 2.75) is 6.92 Å². The molecule has 3 nitrogen and oxygen atoms in total. The zero-order chi connectivity index (χ0) is 10.8. The summed E-state index contributed by atoms with van der Waals surface area (Å²) in [6.07, 6.45) is 2.09. The van der Waals surface area contributed by atoms with Gasteiger partial charge in [0.2, 0.25) is 5.91 Å². The third-order valence-electron chi connectivity index (χ3n) is 1.86. The first kappa shape index (κ1) is 14.1. The van der Waals surface area contributed by atoms with E-state index in [4.69, 9.17) is 0 Å². The smallest absolute Gasteiger partial charge is 0.219 e. The highest BCUT2D eigenvalue weighted by molar-refractivity contribution is 7.98. The second kappa shape index (κ2) is 9.68. The second-order valence-corrected chi connectivity index (χ2v) is 4.41. The zero-order valence-electron chi connectivity index (χ0n) is 8.95. The third-order valence-corrected chi connectivity index (χ3v) is 2.67. The van der Waals surface area contributed by atoms with Crippen LogP contribution in [0.1, 0.15) is 6.92 Å². The Morgan fingerprint density at radius 2 is 2.14 bits per heavy atom. The van der Waals surface area contributed by atoms with Gasteiger partial charge >= 0.3 is 0 Å². The number of amides is 1. The van der Waals surface area contributed by atoms with Gasteiger partial charge in [0.15, 0.2) is 0 Å². The SMILES string of the molecule is CSCCNCCN(CCS)C(C)=O. The van der Waals surface area contributed by atoms with Crippen LogP contribution in [0.2, 0.25) is 0 Å². The van der Waals surface area contributed by atoms with Crippen molar-refractivity contribution in [3.63, 3.8) is 0 Å². The van der Waals surface area contributed by atoms with Gasteiger partial charge in [0.1, 0.15) is 0 Å². The van der Waals surface area contributed by atoms with Crippen LogP contribution in [-0.4, -0.2) is 54.7 Å². The summed E-state index contributed by atoms with van der Waals surface area (Å²) in [5, 5.41) is 3.29. The van der Waals surface area contributed by atoms with Crippen LogP contribution in [0.4, 0.5) is 0 Å². The molecule has 5 heteroatoms. The maximum Gasteiger partial charge on any atom is 0.219 e. The van der Waals surface area contributed by atoms with E-state index in [1.807, 2.05) is 16.7 Å². The van der Waals surface area contributed by atoms with Crippen LogP contribution >= 0.6 is 24.4 Å². The van der Waals surface area contributed by atoms with Crippen LogP contribution in [0, 0.1) is 0 Å². The summed E-state index contributed by atoms with van der Waals surface area (Å²) in [6.45, 7) is 5.00. The standard InChI is InChI=1S/C9H20N2OS2/c1-9(12)11(6-7-13)5-3-10-4-8-14-2/h10,13H,3-8H2,1-2H3. The highest BCUT2D eigenvalue weighted by Crippen LogP contribution is 1.90. The molecule has 0 heterocycles. The van der Waals surface area contributed by atoms with E-state index < -0.39 is 0 Å². The van der Waals surface area contributed by atoms with Crippen molar-refractivity contribution in [2.75, 3.05) is 43.9 Å². The van der Waals surface area contributed by atoms with Crippen molar-refractivity contribution in [1.29, 1.82) is 0 Å². The van der Waals surface area contributed by atoms with Gasteiger partial charge in [-0.05, 0) is 6.26 Å². The Morgan fingerprint density at radius 1 is 1.43 bits per heavy atom. The first-order chi connectivity index (χ1) is 6.72. The number of nitrogens with one attached hydrogen (secondary N) is 1. The summed E-state index contributed by atoms with van der Waals surface area (Å²) in [5.41, 5.74) is 0. The summed E-state index contributed by atoms with van der Waals surface area (Å²) in [5.74, 6) is 1.97. The van der Waals surface area contributed by atoms with Gasteiger partial charge in [0.25, 0.3) is 0 Å². The van der Waals surface area contributed by atoms with Crippen molar-refractivity contribution >= 4 is 30.3 Å². The van der Waals surface area contributed by atoms with E-state index >= 15 is 0 Å². The van der Waals surface area contributed by atoms with Crippen molar-refractivity contribution in [3.05, 3.63) is 0 Å². The van der Waals surface area contributed by atoms with Crippen LogP contribution in [0.5, 0.6) is 0 Å². The fraction of sp³-hybridized carbons (Fsp3) is 0.889. The molecule has 0 unspecified atom stereocenters. The van der Waals surface area contributed by atoms with Crippen molar-refractivity contribution in [3.8, 4) is 0 Å². The zero-order valence-corrected chi connectivity index (χ0v) is 10.7. The molecule has 0 aliphatic rings. The molecule has 0 aliphatic carbocycles. The second-order valence-electron chi connectivity index (χ2n) is 2.97. The first-order valence-electron chi connectivity index (χ1n) is 4.78. The number of thioether (sulfide) groups is 1. The van der Waals surface area contributed by atoms with Gasteiger partial charge in [-0.25, -0.2) is 0 Å². The van der Waals surface area contributed by atoms with E-state index in [0.29, 0.717) is 0 Å². The molecule has 0 radical (unpaired) electrons. The normalized spacial score (nSPS) is 10.2. The van der Waals surface area contributed by atoms with E-state index in [1.54, 1.807) is 6.92 Å². The van der Waals surface area contributed by atoms with E-state index in [-0.39, 0.29) is 5.91 Å².